The lowest BCUT2D eigenvalue weighted by atomic mass is 9.89. The number of rotatable bonds is 5. The van der Waals surface area contributed by atoms with Crippen molar-refractivity contribution in [3.8, 4) is 5.75 Å². The maximum atomic E-state index is 12.2. The number of hydrogen-bond acceptors (Lipinski definition) is 2. The first-order valence-electron chi connectivity index (χ1n) is 8.52. The number of aryl methyl sites for hydroxylation is 2. The van der Waals surface area contributed by atoms with Crippen molar-refractivity contribution in [3.05, 3.63) is 63.1 Å². The summed E-state index contributed by atoms with van der Waals surface area (Å²) in [6.07, 6.45) is 4.79. The highest BCUT2D eigenvalue weighted by atomic mass is 35.5. The molecule has 0 saturated heterocycles. The number of hydrogen-bond donors (Lipinski definition) is 1. The molecule has 0 fully saturated rings. The van der Waals surface area contributed by atoms with Crippen molar-refractivity contribution in [1.29, 1.82) is 0 Å². The number of amides is 1. The van der Waals surface area contributed by atoms with Crippen molar-refractivity contribution in [2.24, 2.45) is 0 Å². The highest BCUT2D eigenvalue weighted by molar-refractivity contribution is 6.34. The lowest BCUT2D eigenvalue weighted by molar-refractivity contribution is -0.123. The maximum absolute atomic E-state index is 12.2. The zero-order valence-electron chi connectivity index (χ0n) is 14.1. The second kappa shape index (κ2) is 8.11. The van der Waals surface area contributed by atoms with Crippen molar-refractivity contribution < 1.29 is 9.53 Å². The number of benzene rings is 2. The molecule has 0 aliphatic heterocycles. The molecule has 0 heterocycles. The van der Waals surface area contributed by atoms with Crippen LogP contribution in [0.1, 0.15) is 42.5 Å². The first kappa shape index (κ1) is 18.1. The quantitative estimate of drug-likeness (QED) is 0.784. The molecule has 2 aromatic carbocycles. The van der Waals surface area contributed by atoms with Gasteiger partial charge < -0.3 is 10.1 Å². The predicted molar refractivity (Wildman–Crippen MR) is 102 cm³/mol. The average molecular weight is 378 g/mol. The summed E-state index contributed by atoms with van der Waals surface area (Å²) in [4.78, 5) is 12.2. The molecule has 2 aromatic rings. The van der Waals surface area contributed by atoms with Crippen molar-refractivity contribution >= 4 is 29.1 Å². The lowest BCUT2D eigenvalue weighted by Gasteiger charge is -2.20. The van der Waals surface area contributed by atoms with E-state index in [1.807, 2.05) is 6.92 Å². The highest BCUT2D eigenvalue weighted by Gasteiger charge is 2.15. The fraction of sp³-hybridized carbons (Fsp3) is 0.350. The summed E-state index contributed by atoms with van der Waals surface area (Å²) in [5.41, 5.74) is 3.97. The molecule has 3 rings (SSSR count). The molecule has 25 heavy (non-hydrogen) atoms. The molecule has 1 atom stereocenters. The van der Waals surface area contributed by atoms with E-state index in [-0.39, 0.29) is 18.6 Å². The van der Waals surface area contributed by atoms with Crippen LogP contribution in [0.5, 0.6) is 5.75 Å². The van der Waals surface area contributed by atoms with E-state index < -0.39 is 0 Å². The molecule has 0 bridgehead atoms. The molecule has 0 spiro atoms. The average Bonchev–Trinajstić information content (AvgIpc) is 2.62. The molecular formula is C20H21Cl2NO2. The van der Waals surface area contributed by atoms with Crippen molar-refractivity contribution in [2.75, 3.05) is 6.61 Å². The van der Waals surface area contributed by atoms with Crippen LogP contribution in [0.4, 0.5) is 0 Å². The maximum Gasteiger partial charge on any atom is 0.258 e. The van der Waals surface area contributed by atoms with E-state index in [4.69, 9.17) is 27.9 Å². The van der Waals surface area contributed by atoms with Gasteiger partial charge in [0, 0.05) is 11.1 Å². The third-order valence-electron chi connectivity index (χ3n) is 4.50. The number of halogens is 2. The Morgan fingerprint density at radius 1 is 1.12 bits per heavy atom. The van der Waals surface area contributed by atoms with E-state index in [2.05, 4.69) is 23.5 Å². The molecule has 1 aliphatic rings. The lowest BCUT2D eigenvalue weighted by Crippen LogP contribution is -2.31. The van der Waals surface area contributed by atoms with Crippen LogP contribution in [-0.2, 0) is 17.6 Å². The number of ether oxygens (including phenoxy) is 1. The third-order valence-corrected chi connectivity index (χ3v) is 5.05. The fourth-order valence-electron chi connectivity index (χ4n) is 3.12. The van der Waals surface area contributed by atoms with Crippen LogP contribution in [-0.4, -0.2) is 12.5 Å². The molecule has 0 unspecified atom stereocenters. The van der Waals surface area contributed by atoms with Crippen molar-refractivity contribution in [2.45, 2.75) is 38.6 Å². The summed E-state index contributed by atoms with van der Waals surface area (Å²) >= 11 is 11.9. The van der Waals surface area contributed by atoms with Crippen LogP contribution in [0, 0.1) is 0 Å². The Kier molecular flexibility index (Phi) is 5.87. The van der Waals surface area contributed by atoms with Crippen LogP contribution in [0.25, 0.3) is 0 Å². The van der Waals surface area contributed by atoms with Gasteiger partial charge in [0.1, 0.15) is 5.75 Å². The number of fused-ring (bicyclic) bond motifs is 1. The Balaban J connectivity index is 1.58. The summed E-state index contributed by atoms with van der Waals surface area (Å²) in [6, 6.07) is 11.4. The Hall–Kier alpha value is -1.71. The van der Waals surface area contributed by atoms with Crippen molar-refractivity contribution in [3.63, 3.8) is 0 Å². The first-order valence-corrected chi connectivity index (χ1v) is 9.27. The molecule has 0 radical (unpaired) electrons. The summed E-state index contributed by atoms with van der Waals surface area (Å²) in [5, 5.41) is 3.91. The molecule has 3 nitrogen and oxygen atoms in total. The Morgan fingerprint density at radius 3 is 2.68 bits per heavy atom. The SMILES string of the molecule is C[C@@H](NC(=O)COc1cc(Cl)ccc1Cl)c1ccc2c(c1)CCCC2. The minimum Gasteiger partial charge on any atom is -0.482 e. The number of carbonyl (C=O) groups is 1. The molecule has 5 heteroatoms. The zero-order chi connectivity index (χ0) is 17.8. The topological polar surface area (TPSA) is 38.3 Å². The van der Waals surface area contributed by atoms with E-state index in [1.165, 1.54) is 24.0 Å². The van der Waals surface area contributed by atoms with Gasteiger partial charge in [0.25, 0.3) is 5.91 Å². The van der Waals surface area contributed by atoms with Crippen LogP contribution >= 0.6 is 23.2 Å². The smallest absolute Gasteiger partial charge is 0.258 e. The monoisotopic (exact) mass is 377 g/mol. The zero-order valence-corrected chi connectivity index (χ0v) is 15.7. The van der Waals surface area contributed by atoms with Crippen LogP contribution in [0.15, 0.2) is 36.4 Å². The van der Waals surface area contributed by atoms with Crippen LogP contribution < -0.4 is 10.1 Å². The molecule has 1 amide bonds. The molecule has 0 aromatic heterocycles. The van der Waals surface area contributed by atoms with Gasteiger partial charge in [-0.25, -0.2) is 0 Å². The first-order chi connectivity index (χ1) is 12.0. The number of carbonyl (C=O) groups excluding carboxylic acids is 1. The fourth-order valence-corrected chi connectivity index (χ4v) is 3.45. The molecule has 132 valence electrons. The Labute approximate surface area is 158 Å². The van der Waals surface area contributed by atoms with Gasteiger partial charge in [0.05, 0.1) is 11.1 Å². The van der Waals surface area contributed by atoms with Gasteiger partial charge in [-0.3, -0.25) is 4.79 Å². The van der Waals surface area contributed by atoms with Gasteiger partial charge >= 0.3 is 0 Å². The van der Waals surface area contributed by atoms with E-state index in [0.29, 0.717) is 15.8 Å². The summed E-state index contributed by atoms with van der Waals surface area (Å²) in [7, 11) is 0. The molecule has 1 N–H and O–H groups in total. The third kappa shape index (κ3) is 4.68. The standard InChI is InChI=1S/C20H21Cl2NO2/c1-13(15-7-6-14-4-2-3-5-16(14)10-15)23-20(24)12-25-19-11-17(21)8-9-18(19)22/h6-11,13H,2-5,12H2,1H3,(H,23,24)/t13-/m1/s1. The highest BCUT2D eigenvalue weighted by Crippen LogP contribution is 2.28. The van der Waals surface area contributed by atoms with Gasteiger partial charge in [0.2, 0.25) is 0 Å². The normalized spacial score (nSPS) is 14.5. The molecule has 0 saturated carbocycles. The minimum atomic E-state index is -0.193. The van der Waals surface area contributed by atoms with Crippen molar-refractivity contribution in [1.82, 2.24) is 5.32 Å². The number of nitrogens with one attached hydrogen (secondary N) is 1. The van der Waals surface area contributed by atoms with E-state index >= 15 is 0 Å². The molecule has 1 aliphatic carbocycles. The largest absolute Gasteiger partial charge is 0.482 e. The van der Waals surface area contributed by atoms with Gasteiger partial charge in [-0.1, -0.05) is 41.4 Å². The minimum absolute atomic E-state index is 0.0711. The summed E-state index contributed by atoms with van der Waals surface area (Å²) in [6.45, 7) is 1.88. The van der Waals surface area contributed by atoms with Gasteiger partial charge in [-0.2, -0.15) is 0 Å². The Morgan fingerprint density at radius 2 is 1.88 bits per heavy atom. The molecular weight excluding hydrogens is 357 g/mol. The second-order valence-corrected chi connectivity index (χ2v) is 7.23. The van der Waals surface area contributed by atoms with Gasteiger partial charge in [-0.05, 0) is 61.4 Å². The van der Waals surface area contributed by atoms with Crippen LogP contribution in [0.2, 0.25) is 10.0 Å². The van der Waals surface area contributed by atoms with Crippen LogP contribution in [0.3, 0.4) is 0 Å². The van der Waals surface area contributed by atoms with E-state index in [1.54, 1.807) is 18.2 Å². The predicted octanol–water partition coefficient (Wildman–Crippen LogP) is 5.13. The van der Waals surface area contributed by atoms with Gasteiger partial charge in [0.15, 0.2) is 6.61 Å². The second-order valence-electron chi connectivity index (χ2n) is 6.39. The van der Waals surface area contributed by atoms with Gasteiger partial charge in [-0.15, -0.1) is 0 Å². The van der Waals surface area contributed by atoms with E-state index in [9.17, 15) is 4.79 Å². The van der Waals surface area contributed by atoms with E-state index in [0.717, 1.165) is 18.4 Å². The Bertz CT molecular complexity index is 776. The summed E-state index contributed by atoms with van der Waals surface area (Å²) in [5.74, 6) is 0.215. The summed E-state index contributed by atoms with van der Waals surface area (Å²) < 4.78 is 5.48.